The van der Waals surface area contributed by atoms with Crippen molar-refractivity contribution >= 4 is 11.8 Å². The molecule has 1 saturated carbocycles. The summed E-state index contributed by atoms with van der Waals surface area (Å²) in [6.45, 7) is 0.204. The van der Waals surface area contributed by atoms with E-state index in [0.717, 1.165) is 12.8 Å². The van der Waals surface area contributed by atoms with E-state index in [2.05, 4.69) is 15.3 Å². The van der Waals surface area contributed by atoms with Gasteiger partial charge in [0.25, 0.3) is 0 Å². The Morgan fingerprint density at radius 1 is 1.44 bits per heavy atom. The van der Waals surface area contributed by atoms with Crippen molar-refractivity contribution in [1.82, 2.24) is 9.97 Å². The smallest absolute Gasteiger partial charge is 0.225 e. The Balaban J connectivity index is 2.09. The fourth-order valence-electron chi connectivity index (χ4n) is 2.43. The van der Waals surface area contributed by atoms with Crippen LogP contribution in [0.15, 0.2) is 6.07 Å². The number of methoxy groups -OCH3 is 1. The molecule has 18 heavy (non-hydrogen) atoms. The number of aliphatic hydroxyl groups is 1. The van der Waals surface area contributed by atoms with Gasteiger partial charge >= 0.3 is 0 Å². The second-order valence-electron chi connectivity index (χ2n) is 4.63. The number of rotatable bonds is 4. The van der Waals surface area contributed by atoms with E-state index in [1.165, 1.54) is 12.8 Å². The van der Waals surface area contributed by atoms with Gasteiger partial charge in [-0.15, -0.1) is 0 Å². The molecule has 0 radical (unpaired) electrons. The summed E-state index contributed by atoms with van der Waals surface area (Å²) in [5, 5.41) is 12.7. The summed E-state index contributed by atoms with van der Waals surface area (Å²) in [6.07, 6.45) is 4.44. The van der Waals surface area contributed by atoms with Crippen LogP contribution in [0.2, 0.25) is 0 Å². The Morgan fingerprint density at radius 3 is 2.94 bits per heavy atom. The fourth-order valence-corrected chi connectivity index (χ4v) is 2.43. The lowest BCUT2D eigenvalue weighted by Crippen LogP contribution is -2.34. The molecule has 100 valence electrons. The van der Waals surface area contributed by atoms with E-state index in [-0.39, 0.29) is 24.5 Å². The average Bonchev–Trinajstić information content (AvgIpc) is 2.38. The van der Waals surface area contributed by atoms with Crippen LogP contribution < -0.4 is 15.8 Å². The van der Waals surface area contributed by atoms with Gasteiger partial charge in [-0.2, -0.15) is 9.97 Å². The van der Waals surface area contributed by atoms with Crippen molar-refractivity contribution < 1.29 is 9.84 Å². The maximum Gasteiger partial charge on any atom is 0.225 e. The molecule has 1 fully saturated rings. The summed E-state index contributed by atoms with van der Waals surface area (Å²) in [6, 6.07) is 1.96. The van der Waals surface area contributed by atoms with Gasteiger partial charge in [0, 0.05) is 24.6 Å². The molecule has 1 aliphatic carbocycles. The molecule has 1 aromatic heterocycles. The maximum atomic E-state index is 9.37. The summed E-state index contributed by atoms with van der Waals surface area (Å²) in [5.41, 5.74) is 5.62. The summed E-state index contributed by atoms with van der Waals surface area (Å²) in [7, 11) is 1.54. The largest absolute Gasteiger partial charge is 0.481 e. The average molecular weight is 252 g/mol. The lowest BCUT2D eigenvalue weighted by atomic mass is 9.85. The van der Waals surface area contributed by atoms with Crippen LogP contribution >= 0.6 is 0 Å². The number of anilines is 2. The van der Waals surface area contributed by atoms with E-state index in [4.69, 9.17) is 10.5 Å². The predicted molar refractivity (Wildman–Crippen MR) is 69.5 cm³/mol. The molecule has 2 rings (SSSR count). The molecule has 0 spiro atoms. The fraction of sp³-hybridized carbons (Fsp3) is 0.667. The molecule has 2 atom stereocenters. The van der Waals surface area contributed by atoms with Crippen LogP contribution in [0.1, 0.15) is 25.7 Å². The molecular formula is C12H20N4O2. The number of hydrogen-bond donors (Lipinski definition) is 3. The molecule has 2 unspecified atom stereocenters. The van der Waals surface area contributed by atoms with E-state index in [9.17, 15) is 5.11 Å². The molecule has 1 aromatic rings. The van der Waals surface area contributed by atoms with Gasteiger partial charge in [-0.25, -0.2) is 0 Å². The van der Waals surface area contributed by atoms with Crippen molar-refractivity contribution in [3.63, 3.8) is 0 Å². The molecule has 0 amide bonds. The first-order chi connectivity index (χ1) is 8.72. The van der Waals surface area contributed by atoms with Gasteiger partial charge in [0.2, 0.25) is 11.8 Å². The van der Waals surface area contributed by atoms with Gasteiger partial charge in [0.05, 0.1) is 7.11 Å². The molecule has 6 nitrogen and oxygen atoms in total. The van der Waals surface area contributed by atoms with Crippen molar-refractivity contribution in [2.24, 2.45) is 5.92 Å². The van der Waals surface area contributed by atoms with E-state index in [0.29, 0.717) is 11.7 Å². The highest BCUT2D eigenvalue weighted by atomic mass is 16.5. The van der Waals surface area contributed by atoms with Gasteiger partial charge in [-0.05, 0) is 12.8 Å². The molecule has 0 saturated heterocycles. The molecule has 6 heteroatoms. The molecule has 4 N–H and O–H groups in total. The zero-order valence-corrected chi connectivity index (χ0v) is 10.6. The first-order valence-electron chi connectivity index (χ1n) is 6.29. The number of hydrogen-bond acceptors (Lipinski definition) is 6. The van der Waals surface area contributed by atoms with Crippen LogP contribution in [-0.2, 0) is 0 Å². The molecule has 0 bridgehead atoms. The minimum atomic E-state index is 0.188. The number of aromatic nitrogens is 2. The first kappa shape index (κ1) is 12.9. The quantitative estimate of drug-likeness (QED) is 0.741. The Morgan fingerprint density at radius 2 is 2.22 bits per heavy atom. The predicted octanol–water partition coefficient (Wildman–Crippen LogP) is 1.03. The van der Waals surface area contributed by atoms with Gasteiger partial charge in [0.15, 0.2) is 0 Å². The highest BCUT2D eigenvalue weighted by molar-refractivity contribution is 5.43. The second-order valence-corrected chi connectivity index (χ2v) is 4.63. The Bertz CT molecular complexity index is 400. The van der Waals surface area contributed by atoms with Crippen molar-refractivity contribution in [3.05, 3.63) is 6.07 Å². The van der Waals surface area contributed by atoms with Crippen molar-refractivity contribution in [2.75, 3.05) is 24.8 Å². The molecular weight excluding hydrogens is 232 g/mol. The number of nitrogen functional groups attached to an aromatic ring is 1. The van der Waals surface area contributed by atoms with Gasteiger partial charge < -0.3 is 20.9 Å². The minimum absolute atomic E-state index is 0.188. The van der Waals surface area contributed by atoms with Gasteiger partial charge in [-0.3, -0.25) is 0 Å². The summed E-state index contributed by atoms with van der Waals surface area (Å²) in [5.74, 6) is 1.57. The van der Waals surface area contributed by atoms with E-state index < -0.39 is 0 Å². The van der Waals surface area contributed by atoms with Gasteiger partial charge in [0.1, 0.15) is 5.82 Å². The van der Waals surface area contributed by atoms with Crippen LogP contribution in [0.5, 0.6) is 5.88 Å². The zero-order chi connectivity index (χ0) is 13.0. The van der Waals surface area contributed by atoms with Crippen molar-refractivity contribution in [1.29, 1.82) is 0 Å². The number of aliphatic hydroxyl groups excluding tert-OH is 1. The number of ether oxygens (including phenoxy) is 1. The molecule has 0 aromatic carbocycles. The third-order valence-electron chi connectivity index (χ3n) is 3.41. The van der Waals surface area contributed by atoms with Crippen LogP contribution in [0, 0.1) is 5.92 Å². The lowest BCUT2D eigenvalue weighted by Gasteiger charge is -2.31. The van der Waals surface area contributed by atoms with Crippen molar-refractivity contribution in [3.8, 4) is 5.88 Å². The monoisotopic (exact) mass is 252 g/mol. The van der Waals surface area contributed by atoms with Crippen LogP contribution in [-0.4, -0.2) is 34.8 Å². The summed E-state index contributed by atoms with van der Waals surface area (Å²) < 4.78 is 5.06. The topological polar surface area (TPSA) is 93.3 Å². The Kier molecular flexibility index (Phi) is 4.19. The lowest BCUT2D eigenvalue weighted by molar-refractivity contribution is 0.178. The number of nitrogens with one attached hydrogen (secondary N) is 1. The molecule has 1 heterocycles. The van der Waals surface area contributed by atoms with Gasteiger partial charge in [-0.1, -0.05) is 12.8 Å². The third kappa shape index (κ3) is 3.01. The molecule has 0 aliphatic heterocycles. The van der Waals surface area contributed by atoms with E-state index in [1.807, 2.05) is 0 Å². The van der Waals surface area contributed by atoms with E-state index in [1.54, 1.807) is 13.2 Å². The standard InChI is InChI=1S/C12H20N4O2/c1-18-11-6-10(15-12(13)16-11)14-9-5-3-2-4-8(9)7-17/h6,8-9,17H,2-5,7H2,1H3,(H3,13,14,15,16). The van der Waals surface area contributed by atoms with Crippen LogP contribution in [0.25, 0.3) is 0 Å². The Hall–Kier alpha value is -1.56. The normalized spacial score (nSPS) is 23.7. The molecule has 1 aliphatic rings. The number of nitrogens with zero attached hydrogens (tertiary/aromatic N) is 2. The number of nitrogens with two attached hydrogens (primary N) is 1. The second kappa shape index (κ2) is 5.86. The zero-order valence-electron chi connectivity index (χ0n) is 10.6. The maximum absolute atomic E-state index is 9.37. The van der Waals surface area contributed by atoms with Crippen LogP contribution in [0.3, 0.4) is 0 Å². The van der Waals surface area contributed by atoms with Crippen molar-refractivity contribution in [2.45, 2.75) is 31.7 Å². The minimum Gasteiger partial charge on any atom is -0.481 e. The van der Waals surface area contributed by atoms with E-state index >= 15 is 0 Å². The first-order valence-corrected chi connectivity index (χ1v) is 6.29. The highest BCUT2D eigenvalue weighted by Gasteiger charge is 2.24. The SMILES string of the molecule is COc1cc(NC2CCCCC2CO)nc(N)n1. The van der Waals surface area contributed by atoms with Crippen LogP contribution in [0.4, 0.5) is 11.8 Å². The summed E-state index contributed by atoms with van der Waals surface area (Å²) >= 11 is 0. The highest BCUT2D eigenvalue weighted by Crippen LogP contribution is 2.27. The Labute approximate surface area is 107 Å². The third-order valence-corrected chi connectivity index (χ3v) is 3.41. The summed E-state index contributed by atoms with van der Waals surface area (Å²) in [4.78, 5) is 8.08.